The van der Waals surface area contributed by atoms with E-state index in [1.807, 2.05) is 32.6 Å². The Kier molecular flexibility index (Phi) is 6.99. The van der Waals surface area contributed by atoms with E-state index in [1.165, 1.54) is 0 Å². The number of nitrogens with zero attached hydrogens (tertiary/aromatic N) is 1. The molecule has 1 saturated carbocycles. The van der Waals surface area contributed by atoms with Crippen LogP contribution in [-0.2, 0) is 9.53 Å². The van der Waals surface area contributed by atoms with Crippen molar-refractivity contribution >= 4 is 18.3 Å². The number of nitrogens with two attached hydrogens (primary N) is 1. The van der Waals surface area contributed by atoms with Crippen LogP contribution in [0, 0.1) is 11.3 Å². The van der Waals surface area contributed by atoms with Crippen molar-refractivity contribution in [1.29, 1.82) is 0 Å². The van der Waals surface area contributed by atoms with E-state index < -0.39 is 5.54 Å². The second kappa shape index (κ2) is 7.10. The summed E-state index contributed by atoms with van der Waals surface area (Å²) in [4.78, 5) is 14.6. The third kappa shape index (κ3) is 3.29. The van der Waals surface area contributed by atoms with Crippen molar-refractivity contribution in [3.63, 3.8) is 0 Å². The fraction of sp³-hybridized carbons (Fsp3) is 0.933. The van der Waals surface area contributed by atoms with Gasteiger partial charge in [0.1, 0.15) is 5.54 Å². The van der Waals surface area contributed by atoms with Crippen molar-refractivity contribution in [2.45, 2.75) is 59.6 Å². The van der Waals surface area contributed by atoms with Gasteiger partial charge in [0, 0.05) is 31.5 Å². The number of rotatable bonds is 6. The van der Waals surface area contributed by atoms with E-state index in [0.29, 0.717) is 25.5 Å². The van der Waals surface area contributed by atoms with E-state index >= 15 is 0 Å². The smallest absolute Gasteiger partial charge is 0.243 e. The molecule has 20 heavy (non-hydrogen) atoms. The molecule has 0 bridgehead atoms. The molecule has 0 aromatic rings. The van der Waals surface area contributed by atoms with E-state index in [-0.39, 0.29) is 29.8 Å². The van der Waals surface area contributed by atoms with Gasteiger partial charge < -0.3 is 15.4 Å². The molecule has 1 aliphatic rings. The molecule has 1 rings (SSSR count). The average Bonchev–Trinajstić information content (AvgIpc) is 2.34. The highest BCUT2D eigenvalue weighted by atomic mass is 35.5. The molecular formula is C15H31ClN2O2. The summed E-state index contributed by atoms with van der Waals surface area (Å²) in [6.07, 6.45) is 0.713. The molecule has 1 fully saturated rings. The molecule has 0 aromatic carbocycles. The van der Waals surface area contributed by atoms with Crippen LogP contribution in [0.4, 0.5) is 0 Å². The van der Waals surface area contributed by atoms with Crippen LogP contribution in [0.1, 0.15) is 48.0 Å². The zero-order chi connectivity index (χ0) is 14.8. The number of hydrogen-bond acceptors (Lipinski definition) is 3. The monoisotopic (exact) mass is 306 g/mol. The third-order valence-electron chi connectivity index (χ3n) is 4.47. The van der Waals surface area contributed by atoms with Gasteiger partial charge in [-0.1, -0.05) is 27.7 Å². The van der Waals surface area contributed by atoms with E-state index in [9.17, 15) is 4.79 Å². The topological polar surface area (TPSA) is 55.6 Å². The van der Waals surface area contributed by atoms with Crippen LogP contribution in [0.5, 0.6) is 0 Å². The fourth-order valence-corrected chi connectivity index (χ4v) is 2.88. The largest absolute Gasteiger partial charge is 0.378 e. The van der Waals surface area contributed by atoms with Gasteiger partial charge in [-0.2, -0.15) is 0 Å². The summed E-state index contributed by atoms with van der Waals surface area (Å²) in [7, 11) is 0. The Morgan fingerprint density at radius 1 is 1.40 bits per heavy atom. The number of halogens is 1. The third-order valence-corrected chi connectivity index (χ3v) is 4.47. The maximum atomic E-state index is 12.7. The van der Waals surface area contributed by atoms with Crippen LogP contribution < -0.4 is 5.73 Å². The van der Waals surface area contributed by atoms with Crippen LogP contribution in [0.25, 0.3) is 0 Å². The molecule has 2 N–H and O–H groups in total. The lowest BCUT2D eigenvalue weighted by atomic mass is 9.54. The Labute approximate surface area is 129 Å². The Morgan fingerprint density at radius 3 is 2.30 bits per heavy atom. The van der Waals surface area contributed by atoms with Crippen molar-refractivity contribution in [3.8, 4) is 0 Å². The molecule has 0 heterocycles. The van der Waals surface area contributed by atoms with Crippen LogP contribution in [0.15, 0.2) is 0 Å². The first-order chi connectivity index (χ1) is 8.70. The van der Waals surface area contributed by atoms with Crippen molar-refractivity contribution in [3.05, 3.63) is 0 Å². The Bertz CT molecular complexity index is 334. The highest BCUT2D eigenvalue weighted by Gasteiger charge is 2.63. The van der Waals surface area contributed by atoms with Gasteiger partial charge in [0.15, 0.2) is 0 Å². The van der Waals surface area contributed by atoms with E-state index in [4.69, 9.17) is 10.5 Å². The number of carbonyl (C=O) groups is 1. The van der Waals surface area contributed by atoms with E-state index in [0.717, 1.165) is 6.54 Å². The van der Waals surface area contributed by atoms with Crippen LogP contribution >= 0.6 is 12.4 Å². The van der Waals surface area contributed by atoms with Gasteiger partial charge in [-0.3, -0.25) is 4.79 Å². The molecule has 5 heteroatoms. The van der Waals surface area contributed by atoms with Gasteiger partial charge in [-0.05, 0) is 19.8 Å². The molecule has 2 atom stereocenters. The van der Waals surface area contributed by atoms with Crippen molar-refractivity contribution in [2.24, 2.45) is 17.1 Å². The second-order valence-electron chi connectivity index (χ2n) is 6.58. The molecular weight excluding hydrogens is 276 g/mol. The molecule has 1 amide bonds. The molecule has 1 aliphatic carbocycles. The molecule has 0 aliphatic heterocycles. The van der Waals surface area contributed by atoms with Gasteiger partial charge in [0.2, 0.25) is 5.91 Å². The summed E-state index contributed by atoms with van der Waals surface area (Å²) < 4.78 is 5.68. The number of carbonyl (C=O) groups excluding carboxylic acids is 1. The second-order valence-corrected chi connectivity index (χ2v) is 6.58. The Morgan fingerprint density at radius 2 is 1.95 bits per heavy atom. The van der Waals surface area contributed by atoms with Gasteiger partial charge in [-0.15, -0.1) is 12.4 Å². The van der Waals surface area contributed by atoms with Gasteiger partial charge in [-0.25, -0.2) is 0 Å². The molecule has 120 valence electrons. The minimum absolute atomic E-state index is 0. The average molecular weight is 307 g/mol. The maximum absolute atomic E-state index is 12.7. The first kappa shape index (κ1) is 19.7. The number of likely N-dealkylation sites (N-methyl/N-ethyl adjacent to an activating group) is 1. The predicted octanol–water partition coefficient (Wildman–Crippen LogP) is 2.45. The lowest BCUT2D eigenvalue weighted by molar-refractivity contribution is -0.179. The van der Waals surface area contributed by atoms with Crippen molar-refractivity contribution < 1.29 is 9.53 Å². The van der Waals surface area contributed by atoms with Gasteiger partial charge >= 0.3 is 0 Å². The minimum atomic E-state index is -0.780. The van der Waals surface area contributed by atoms with Crippen molar-refractivity contribution in [2.75, 3.05) is 19.7 Å². The maximum Gasteiger partial charge on any atom is 0.243 e. The lowest BCUT2D eigenvalue weighted by Gasteiger charge is -2.58. The molecule has 4 nitrogen and oxygen atoms in total. The first-order valence-corrected chi connectivity index (χ1v) is 7.40. The van der Waals surface area contributed by atoms with Gasteiger partial charge in [0.05, 0.1) is 6.10 Å². The number of amides is 1. The zero-order valence-electron chi connectivity index (χ0n) is 13.7. The van der Waals surface area contributed by atoms with E-state index in [1.54, 1.807) is 0 Å². The van der Waals surface area contributed by atoms with E-state index in [2.05, 4.69) is 13.8 Å². The number of ether oxygens (including phenoxy) is 1. The highest BCUT2D eigenvalue weighted by Crippen LogP contribution is 2.50. The Hall–Kier alpha value is -0.320. The molecule has 0 radical (unpaired) electrons. The van der Waals surface area contributed by atoms with Crippen molar-refractivity contribution in [1.82, 2.24) is 4.90 Å². The van der Waals surface area contributed by atoms with Gasteiger partial charge in [0.25, 0.3) is 0 Å². The first-order valence-electron chi connectivity index (χ1n) is 7.40. The zero-order valence-corrected chi connectivity index (χ0v) is 14.5. The summed E-state index contributed by atoms with van der Waals surface area (Å²) in [6, 6.07) is 0. The summed E-state index contributed by atoms with van der Waals surface area (Å²) >= 11 is 0. The standard InChI is InChI=1S/C15H30N2O2.ClH/c1-7-17(10-11(3)4)13(18)15(16)9-12(19-8-2)14(15,5)6;/h11-12H,7-10,16H2,1-6H3;1H. The van der Waals surface area contributed by atoms with Crippen LogP contribution in [0.3, 0.4) is 0 Å². The molecule has 2 unspecified atom stereocenters. The summed E-state index contributed by atoms with van der Waals surface area (Å²) in [5, 5.41) is 0. The quantitative estimate of drug-likeness (QED) is 0.820. The Balaban J connectivity index is 0.00000361. The normalized spacial score (nSPS) is 27.7. The van der Waals surface area contributed by atoms with Crippen LogP contribution in [0.2, 0.25) is 0 Å². The van der Waals surface area contributed by atoms with Crippen LogP contribution in [-0.4, -0.2) is 42.1 Å². The molecule has 0 aromatic heterocycles. The summed E-state index contributed by atoms with van der Waals surface area (Å²) in [5.41, 5.74) is 5.34. The molecule has 0 saturated heterocycles. The highest BCUT2D eigenvalue weighted by molar-refractivity contribution is 5.89. The fourth-order valence-electron chi connectivity index (χ4n) is 2.88. The number of hydrogen-bond donors (Lipinski definition) is 1. The summed E-state index contributed by atoms with van der Waals surface area (Å²) in [6.45, 7) is 14.5. The summed E-state index contributed by atoms with van der Waals surface area (Å²) in [5.74, 6) is 0.531. The minimum Gasteiger partial charge on any atom is -0.378 e. The SMILES string of the molecule is CCOC1CC(N)(C(=O)N(CC)CC(C)C)C1(C)C.Cl. The predicted molar refractivity (Wildman–Crippen MR) is 85.1 cm³/mol. The lowest BCUT2D eigenvalue weighted by Crippen LogP contribution is -2.76. The molecule has 0 spiro atoms.